The first kappa shape index (κ1) is 20.2. The fraction of sp³-hybridized carbons (Fsp3) is 0.562. The maximum atomic E-state index is 5.96. The molecule has 21 heavy (non-hydrogen) atoms. The van der Waals surface area contributed by atoms with Gasteiger partial charge in [-0.3, -0.25) is 4.99 Å². The van der Waals surface area contributed by atoms with Gasteiger partial charge in [0.15, 0.2) is 5.96 Å². The third kappa shape index (κ3) is 8.26. The Balaban J connectivity index is 0.00000400. The number of aryl methyl sites for hydroxylation is 1. The highest BCUT2D eigenvalue weighted by Crippen LogP contribution is 2.16. The molecule has 0 spiro atoms. The molecule has 0 fully saturated rings. The topological polar surface area (TPSA) is 53.6 Å². The van der Waals surface area contributed by atoms with Gasteiger partial charge in [-0.25, -0.2) is 0 Å². The normalized spacial score (nSPS) is 12.2. The number of hydrogen-bond acceptors (Lipinski definition) is 2. The van der Waals surface area contributed by atoms with E-state index in [2.05, 4.69) is 62.2 Å². The second-order valence-corrected chi connectivity index (χ2v) is 6.28. The monoisotopic (exact) mass is 404 g/mol. The van der Waals surface area contributed by atoms with Gasteiger partial charge in [0.25, 0.3) is 0 Å². The summed E-state index contributed by atoms with van der Waals surface area (Å²) in [5, 5.41) is 3.16. The third-order valence-electron chi connectivity index (χ3n) is 3.03. The third-order valence-corrected chi connectivity index (χ3v) is 3.03. The molecule has 1 aromatic rings. The van der Waals surface area contributed by atoms with Crippen molar-refractivity contribution in [2.24, 2.45) is 16.1 Å². The number of benzene rings is 1. The minimum absolute atomic E-state index is 0. The molecule has 120 valence electrons. The Kier molecular flexibility index (Phi) is 8.89. The number of aliphatic imine (C=N–C) groups is 1. The molecule has 0 atom stereocenters. The quantitative estimate of drug-likeness (QED) is 0.435. The molecule has 0 radical (unpaired) electrons. The van der Waals surface area contributed by atoms with E-state index in [1.165, 1.54) is 5.56 Å². The zero-order valence-electron chi connectivity index (χ0n) is 13.8. The molecule has 0 aliphatic rings. The molecular formula is C16H29IN4. The molecule has 0 bridgehead atoms. The lowest BCUT2D eigenvalue weighted by atomic mass is 9.93. The summed E-state index contributed by atoms with van der Waals surface area (Å²) < 4.78 is 0. The molecule has 0 amide bonds. The van der Waals surface area contributed by atoms with E-state index < -0.39 is 0 Å². The fourth-order valence-electron chi connectivity index (χ4n) is 2.26. The van der Waals surface area contributed by atoms with Gasteiger partial charge >= 0.3 is 0 Å². The molecule has 4 nitrogen and oxygen atoms in total. The van der Waals surface area contributed by atoms with Crippen LogP contribution in [-0.4, -0.2) is 38.0 Å². The van der Waals surface area contributed by atoms with Crippen molar-refractivity contribution in [3.8, 4) is 0 Å². The Hall–Kier alpha value is -0.820. The van der Waals surface area contributed by atoms with Gasteiger partial charge in [0.05, 0.1) is 0 Å². The van der Waals surface area contributed by atoms with Gasteiger partial charge in [0.2, 0.25) is 0 Å². The average molecular weight is 404 g/mol. The number of rotatable bonds is 6. The van der Waals surface area contributed by atoms with Crippen LogP contribution < -0.4 is 11.1 Å². The van der Waals surface area contributed by atoms with Crippen molar-refractivity contribution >= 4 is 35.6 Å². The number of nitrogens with one attached hydrogen (secondary N) is 1. The molecular weight excluding hydrogens is 375 g/mol. The van der Waals surface area contributed by atoms with Crippen LogP contribution in [0.15, 0.2) is 29.3 Å². The number of anilines is 1. The number of nitrogens with two attached hydrogens (primary N) is 1. The SMILES string of the molecule is CCc1cccc(NC(N)=NCC(C)(C)CN(C)C)c1.I. The molecule has 0 aliphatic heterocycles. The molecule has 0 unspecified atom stereocenters. The van der Waals surface area contributed by atoms with Crippen molar-refractivity contribution in [3.05, 3.63) is 29.8 Å². The Morgan fingerprint density at radius 2 is 2.00 bits per heavy atom. The van der Waals surface area contributed by atoms with Gasteiger partial charge < -0.3 is 16.0 Å². The minimum atomic E-state index is 0. The second-order valence-electron chi connectivity index (χ2n) is 6.28. The Labute approximate surface area is 146 Å². The Morgan fingerprint density at radius 3 is 2.57 bits per heavy atom. The maximum absolute atomic E-state index is 5.96. The lowest BCUT2D eigenvalue weighted by molar-refractivity contribution is 0.249. The summed E-state index contributed by atoms with van der Waals surface area (Å²) >= 11 is 0. The summed E-state index contributed by atoms with van der Waals surface area (Å²) in [6.07, 6.45) is 1.02. The predicted octanol–water partition coefficient (Wildman–Crippen LogP) is 3.18. The summed E-state index contributed by atoms with van der Waals surface area (Å²) in [6, 6.07) is 8.25. The van der Waals surface area contributed by atoms with E-state index in [1.807, 2.05) is 12.1 Å². The smallest absolute Gasteiger partial charge is 0.193 e. The highest BCUT2D eigenvalue weighted by molar-refractivity contribution is 14.0. The van der Waals surface area contributed by atoms with Crippen LogP contribution in [0, 0.1) is 5.41 Å². The van der Waals surface area contributed by atoms with E-state index >= 15 is 0 Å². The lowest BCUT2D eigenvalue weighted by Crippen LogP contribution is -2.32. The van der Waals surface area contributed by atoms with E-state index in [0.717, 1.165) is 18.7 Å². The molecule has 0 aliphatic carbocycles. The van der Waals surface area contributed by atoms with Crippen molar-refractivity contribution in [1.82, 2.24) is 4.90 Å². The van der Waals surface area contributed by atoms with Gasteiger partial charge in [-0.15, -0.1) is 24.0 Å². The van der Waals surface area contributed by atoms with Crippen molar-refractivity contribution < 1.29 is 0 Å². The van der Waals surface area contributed by atoms with Crippen LogP contribution in [0.25, 0.3) is 0 Å². The van der Waals surface area contributed by atoms with Crippen LogP contribution in [-0.2, 0) is 6.42 Å². The van der Waals surface area contributed by atoms with Gasteiger partial charge in [0.1, 0.15) is 0 Å². The van der Waals surface area contributed by atoms with Crippen molar-refractivity contribution in [3.63, 3.8) is 0 Å². The summed E-state index contributed by atoms with van der Waals surface area (Å²) in [5.41, 5.74) is 8.36. The van der Waals surface area contributed by atoms with Gasteiger partial charge in [0, 0.05) is 18.8 Å². The van der Waals surface area contributed by atoms with Gasteiger partial charge in [-0.1, -0.05) is 32.9 Å². The van der Waals surface area contributed by atoms with Crippen molar-refractivity contribution in [1.29, 1.82) is 0 Å². The molecule has 0 saturated heterocycles. The summed E-state index contributed by atoms with van der Waals surface area (Å²) in [4.78, 5) is 6.63. The summed E-state index contributed by atoms with van der Waals surface area (Å²) in [5.74, 6) is 0.477. The van der Waals surface area contributed by atoms with E-state index in [1.54, 1.807) is 0 Å². The van der Waals surface area contributed by atoms with Crippen LogP contribution >= 0.6 is 24.0 Å². The van der Waals surface area contributed by atoms with Crippen LogP contribution in [0.5, 0.6) is 0 Å². The second kappa shape index (κ2) is 9.25. The maximum Gasteiger partial charge on any atom is 0.193 e. The van der Waals surface area contributed by atoms with E-state index in [-0.39, 0.29) is 29.4 Å². The van der Waals surface area contributed by atoms with Crippen molar-refractivity contribution in [2.75, 3.05) is 32.5 Å². The highest BCUT2D eigenvalue weighted by atomic mass is 127. The summed E-state index contributed by atoms with van der Waals surface area (Å²) in [7, 11) is 4.15. The predicted molar refractivity (Wildman–Crippen MR) is 104 cm³/mol. The molecule has 3 N–H and O–H groups in total. The Bertz CT molecular complexity index is 455. The first-order valence-corrected chi connectivity index (χ1v) is 7.13. The van der Waals surface area contributed by atoms with Crippen LogP contribution in [0.1, 0.15) is 26.3 Å². The number of guanidine groups is 1. The molecule has 1 rings (SSSR count). The molecule has 0 heterocycles. The highest BCUT2D eigenvalue weighted by Gasteiger charge is 2.18. The fourth-order valence-corrected chi connectivity index (χ4v) is 2.26. The molecule has 0 aromatic heterocycles. The minimum Gasteiger partial charge on any atom is -0.370 e. The van der Waals surface area contributed by atoms with Crippen LogP contribution in [0.3, 0.4) is 0 Å². The zero-order valence-corrected chi connectivity index (χ0v) is 16.1. The molecule has 5 heteroatoms. The zero-order chi connectivity index (χ0) is 15.2. The van der Waals surface area contributed by atoms with Crippen molar-refractivity contribution in [2.45, 2.75) is 27.2 Å². The number of halogens is 1. The van der Waals surface area contributed by atoms with Gasteiger partial charge in [-0.05, 0) is 43.6 Å². The molecule has 1 aromatic carbocycles. The first-order chi connectivity index (χ1) is 9.32. The largest absolute Gasteiger partial charge is 0.370 e. The Morgan fingerprint density at radius 1 is 1.33 bits per heavy atom. The average Bonchev–Trinajstić information content (AvgIpc) is 2.35. The van der Waals surface area contributed by atoms with E-state index in [0.29, 0.717) is 12.5 Å². The lowest BCUT2D eigenvalue weighted by Gasteiger charge is -2.26. The van der Waals surface area contributed by atoms with E-state index in [4.69, 9.17) is 5.73 Å². The van der Waals surface area contributed by atoms with Gasteiger partial charge in [-0.2, -0.15) is 0 Å². The number of hydrogen-bond donors (Lipinski definition) is 2. The van der Waals surface area contributed by atoms with E-state index in [9.17, 15) is 0 Å². The van der Waals surface area contributed by atoms with Crippen LogP contribution in [0.2, 0.25) is 0 Å². The summed E-state index contributed by atoms with van der Waals surface area (Å²) in [6.45, 7) is 8.22. The standard InChI is InChI=1S/C16H28N4.HI/c1-6-13-8-7-9-14(10-13)19-15(17)18-11-16(2,3)12-20(4)5;/h7-10H,6,11-12H2,1-5H3,(H3,17,18,19);1H. The van der Waals surface area contributed by atoms with Crippen LogP contribution in [0.4, 0.5) is 5.69 Å². The number of nitrogens with zero attached hydrogens (tertiary/aromatic N) is 2. The first-order valence-electron chi connectivity index (χ1n) is 7.13. The molecule has 0 saturated carbocycles.